The first-order valence-corrected chi connectivity index (χ1v) is 8.16. The maximum absolute atomic E-state index is 12.0. The van der Waals surface area contributed by atoms with Crippen LogP contribution in [0, 0.1) is 22.7 Å². The zero-order valence-corrected chi connectivity index (χ0v) is 14.3. The standard InChI is InChI=1S/C15H9Cl2N5OS/c16-10-2-11(17)4-12(3-10)21-13(23)7-24-15-9(6-19)1-8(5-18)14(20)22-15/h1-4H,7H2,(H2,20,22)(H,21,23). The molecule has 0 aliphatic heterocycles. The van der Waals surface area contributed by atoms with Crippen LogP contribution in [-0.2, 0) is 4.79 Å². The topological polar surface area (TPSA) is 116 Å². The van der Waals surface area contributed by atoms with Gasteiger partial charge in [0.2, 0.25) is 5.91 Å². The Hall–Kier alpha value is -2.45. The number of carbonyl (C=O) groups excluding carboxylic acids is 1. The number of amides is 1. The molecule has 120 valence electrons. The third kappa shape index (κ3) is 4.53. The van der Waals surface area contributed by atoms with E-state index in [1.807, 2.05) is 12.1 Å². The maximum atomic E-state index is 12.0. The molecule has 0 radical (unpaired) electrons. The van der Waals surface area contributed by atoms with Crippen molar-refractivity contribution in [2.45, 2.75) is 5.03 Å². The number of thioether (sulfide) groups is 1. The van der Waals surface area contributed by atoms with E-state index in [2.05, 4.69) is 10.3 Å². The van der Waals surface area contributed by atoms with E-state index >= 15 is 0 Å². The summed E-state index contributed by atoms with van der Waals surface area (Å²) in [6, 6.07) is 9.81. The molecular formula is C15H9Cl2N5OS. The molecule has 9 heteroatoms. The van der Waals surface area contributed by atoms with Crippen LogP contribution in [0.15, 0.2) is 29.3 Å². The Labute approximate surface area is 152 Å². The molecule has 0 bridgehead atoms. The summed E-state index contributed by atoms with van der Waals surface area (Å²) in [5.74, 6) is -0.315. The average molecular weight is 378 g/mol. The number of nitrogens with one attached hydrogen (secondary N) is 1. The lowest BCUT2D eigenvalue weighted by molar-refractivity contribution is -0.113. The first kappa shape index (κ1) is 17.9. The van der Waals surface area contributed by atoms with Gasteiger partial charge in [0, 0.05) is 15.7 Å². The molecule has 2 rings (SSSR count). The molecule has 0 unspecified atom stereocenters. The maximum Gasteiger partial charge on any atom is 0.234 e. The molecule has 0 saturated heterocycles. The number of nitrogen functional groups attached to an aromatic ring is 1. The molecule has 1 aromatic carbocycles. The molecule has 1 amide bonds. The highest BCUT2D eigenvalue weighted by atomic mass is 35.5. The Morgan fingerprint density at radius 2 is 1.79 bits per heavy atom. The largest absolute Gasteiger partial charge is 0.383 e. The van der Waals surface area contributed by atoms with Gasteiger partial charge >= 0.3 is 0 Å². The molecule has 0 fully saturated rings. The molecule has 3 N–H and O–H groups in total. The monoisotopic (exact) mass is 377 g/mol. The van der Waals surface area contributed by atoms with Crippen molar-refractivity contribution in [3.05, 3.63) is 45.4 Å². The van der Waals surface area contributed by atoms with E-state index in [0.717, 1.165) is 11.8 Å². The number of pyridine rings is 1. The van der Waals surface area contributed by atoms with Crippen LogP contribution in [0.5, 0.6) is 0 Å². The van der Waals surface area contributed by atoms with Crippen LogP contribution in [0.4, 0.5) is 11.5 Å². The van der Waals surface area contributed by atoms with Crippen LogP contribution in [0.1, 0.15) is 11.1 Å². The Morgan fingerprint density at radius 1 is 1.17 bits per heavy atom. The van der Waals surface area contributed by atoms with Crippen molar-refractivity contribution < 1.29 is 4.79 Å². The van der Waals surface area contributed by atoms with E-state index in [0.29, 0.717) is 15.7 Å². The van der Waals surface area contributed by atoms with Crippen LogP contribution < -0.4 is 11.1 Å². The number of rotatable bonds is 4. The number of benzene rings is 1. The van der Waals surface area contributed by atoms with Gasteiger partial charge in [-0.25, -0.2) is 4.98 Å². The highest BCUT2D eigenvalue weighted by Crippen LogP contribution is 2.25. The van der Waals surface area contributed by atoms with E-state index in [4.69, 9.17) is 39.5 Å². The minimum atomic E-state index is -0.327. The van der Waals surface area contributed by atoms with Crippen molar-refractivity contribution in [2.75, 3.05) is 16.8 Å². The number of hydrogen-bond acceptors (Lipinski definition) is 6. The fourth-order valence-electron chi connectivity index (χ4n) is 1.75. The first-order chi connectivity index (χ1) is 11.4. The third-order valence-corrected chi connectivity index (χ3v) is 4.17. The van der Waals surface area contributed by atoms with Gasteiger partial charge in [0.15, 0.2) is 0 Å². The molecule has 1 heterocycles. The summed E-state index contributed by atoms with van der Waals surface area (Å²) < 4.78 is 0. The SMILES string of the molecule is N#Cc1cc(C#N)c(SCC(=O)Nc2cc(Cl)cc(Cl)c2)nc1N. The van der Waals surface area contributed by atoms with Crippen LogP contribution in [0.3, 0.4) is 0 Å². The molecule has 0 aliphatic carbocycles. The van der Waals surface area contributed by atoms with Gasteiger partial charge in [0.25, 0.3) is 0 Å². The minimum absolute atomic E-state index is 0.00282. The van der Waals surface area contributed by atoms with Crippen molar-refractivity contribution in [1.82, 2.24) is 4.98 Å². The van der Waals surface area contributed by atoms with Gasteiger partial charge in [-0.1, -0.05) is 35.0 Å². The predicted molar refractivity (Wildman–Crippen MR) is 93.9 cm³/mol. The van der Waals surface area contributed by atoms with Gasteiger partial charge in [-0.3, -0.25) is 4.79 Å². The van der Waals surface area contributed by atoms with Crippen molar-refractivity contribution >= 4 is 52.4 Å². The molecule has 0 atom stereocenters. The van der Waals surface area contributed by atoms with Crippen LogP contribution in [0.2, 0.25) is 10.0 Å². The van der Waals surface area contributed by atoms with Gasteiger partial charge in [0.05, 0.1) is 16.9 Å². The summed E-state index contributed by atoms with van der Waals surface area (Å²) in [5.41, 5.74) is 6.40. The number of halogens is 2. The predicted octanol–water partition coefficient (Wildman–Crippen LogP) is 3.44. The number of hydrogen-bond donors (Lipinski definition) is 2. The van der Waals surface area contributed by atoms with E-state index in [1.54, 1.807) is 18.2 Å². The highest BCUT2D eigenvalue weighted by molar-refractivity contribution is 8.00. The zero-order valence-electron chi connectivity index (χ0n) is 12.0. The third-order valence-electron chi connectivity index (χ3n) is 2.74. The number of anilines is 2. The average Bonchev–Trinajstić information content (AvgIpc) is 2.52. The van der Waals surface area contributed by atoms with Gasteiger partial charge in [-0.15, -0.1) is 0 Å². The molecule has 2 aromatic rings. The molecular weight excluding hydrogens is 369 g/mol. The van der Waals surface area contributed by atoms with E-state index in [-0.39, 0.29) is 33.6 Å². The molecule has 6 nitrogen and oxygen atoms in total. The van der Waals surface area contributed by atoms with E-state index in [9.17, 15) is 4.79 Å². The molecule has 0 spiro atoms. The summed E-state index contributed by atoms with van der Waals surface area (Å²) in [5, 5.41) is 21.7. The van der Waals surface area contributed by atoms with Crippen molar-refractivity contribution in [2.24, 2.45) is 0 Å². The molecule has 1 aromatic heterocycles. The lowest BCUT2D eigenvalue weighted by atomic mass is 10.2. The fraction of sp³-hybridized carbons (Fsp3) is 0.0667. The van der Waals surface area contributed by atoms with Gasteiger partial charge in [-0.2, -0.15) is 10.5 Å². The van der Waals surface area contributed by atoms with Crippen molar-refractivity contribution in [3.63, 3.8) is 0 Å². The normalized spacial score (nSPS) is 9.83. The Bertz CT molecular complexity index is 868. The molecule has 24 heavy (non-hydrogen) atoms. The number of nitrogens with two attached hydrogens (primary N) is 1. The van der Waals surface area contributed by atoms with Crippen LogP contribution in [-0.4, -0.2) is 16.6 Å². The minimum Gasteiger partial charge on any atom is -0.383 e. The second-order valence-corrected chi connectivity index (χ2v) is 6.33. The molecule has 0 aliphatic rings. The van der Waals surface area contributed by atoms with Gasteiger partial charge in [-0.05, 0) is 24.3 Å². The summed E-state index contributed by atoms with van der Waals surface area (Å²) in [4.78, 5) is 16.0. The Kier molecular flexibility index (Phi) is 5.88. The smallest absolute Gasteiger partial charge is 0.234 e. The zero-order chi connectivity index (χ0) is 17.7. The number of nitrogens with zero attached hydrogens (tertiary/aromatic N) is 3. The lowest BCUT2D eigenvalue weighted by Gasteiger charge is -2.07. The second kappa shape index (κ2) is 7.89. The van der Waals surface area contributed by atoms with Crippen LogP contribution >= 0.6 is 35.0 Å². The van der Waals surface area contributed by atoms with E-state index < -0.39 is 0 Å². The Balaban J connectivity index is 2.08. The summed E-state index contributed by atoms with van der Waals surface area (Å²) in [7, 11) is 0. The summed E-state index contributed by atoms with van der Waals surface area (Å²) in [6.45, 7) is 0. The van der Waals surface area contributed by atoms with Crippen molar-refractivity contribution in [3.8, 4) is 12.1 Å². The number of aromatic nitrogens is 1. The van der Waals surface area contributed by atoms with E-state index in [1.165, 1.54) is 6.07 Å². The number of carbonyl (C=O) groups is 1. The molecule has 0 saturated carbocycles. The van der Waals surface area contributed by atoms with Gasteiger partial charge < -0.3 is 11.1 Å². The van der Waals surface area contributed by atoms with Gasteiger partial charge in [0.1, 0.15) is 23.0 Å². The number of nitriles is 2. The quantitative estimate of drug-likeness (QED) is 0.788. The summed E-state index contributed by atoms with van der Waals surface area (Å²) >= 11 is 12.8. The first-order valence-electron chi connectivity index (χ1n) is 6.42. The van der Waals surface area contributed by atoms with Crippen LogP contribution in [0.25, 0.3) is 0 Å². The summed E-state index contributed by atoms with van der Waals surface area (Å²) in [6.07, 6.45) is 0. The lowest BCUT2D eigenvalue weighted by Crippen LogP contribution is -2.14. The fourth-order valence-corrected chi connectivity index (χ4v) is 3.04. The Morgan fingerprint density at radius 3 is 2.38 bits per heavy atom. The highest BCUT2D eigenvalue weighted by Gasteiger charge is 2.12. The second-order valence-electron chi connectivity index (χ2n) is 4.49. The van der Waals surface area contributed by atoms with Crippen molar-refractivity contribution in [1.29, 1.82) is 10.5 Å².